The SMILES string of the molecule is CC(Nc1ncnc(Nc2ccc(C(=O)O)cc2)c1N)c1ccccc1. The lowest BCUT2D eigenvalue weighted by molar-refractivity contribution is 0.0697. The largest absolute Gasteiger partial charge is 0.478 e. The quantitative estimate of drug-likeness (QED) is 0.537. The van der Waals surface area contributed by atoms with Crippen LogP contribution in [0.1, 0.15) is 28.9 Å². The number of carboxylic acid groups (broad SMARTS) is 1. The van der Waals surface area contributed by atoms with Gasteiger partial charge in [-0.25, -0.2) is 14.8 Å². The Morgan fingerprint density at radius 1 is 1.04 bits per heavy atom. The molecule has 3 aromatic rings. The van der Waals surface area contributed by atoms with Crippen molar-refractivity contribution in [1.29, 1.82) is 0 Å². The van der Waals surface area contributed by atoms with Gasteiger partial charge in [0.25, 0.3) is 0 Å². The minimum absolute atomic E-state index is 0.0242. The van der Waals surface area contributed by atoms with E-state index in [1.54, 1.807) is 12.1 Å². The van der Waals surface area contributed by atoms with E-state index in [2.05, 4.69) is 20.6 Å². The third kappa shape index (κ3) is 3.89. The van der Waals surface area contributed by atoms with Gasteiger partial charge in [0.15, 0.2) is 11.6 Å². The lowest BCUT2D eigenvalue weighted by Crippen LogP contribution is -2.11. The van der Waals surface area contributed by atoms with E-state index in [-0.39, 0.29) is 11.6 Å². The molecule has 1 heterocycles. The Morgan fingerprint density at radius 2 is 1.69 bits per heavy atom. The number of carbonyl (C=O) groups is 1. The molecule has 3 rings (SSSR count). The van der Waals surface area contributed by atoms with E-state index in [1.807, 2.05) is 37.3 Å². The average Bonchev–Trinajstić information content (AvgIpc) is 2.66. The highest BCUT2D eigenvalue weighted by molar-refractivity contribution is 5.88. The van der Waals surface area contributed by atoms with Crippen molar-refractivity contribution in [3.63, 3.8) is 0 Å². The van der Waals surface area contributed by atoms with Crippen molar-refractivity contribution in [3.8, 4) is 0 Å². The van der Waals surface area contributed by atoms with Gasteiger partial charge in [0, 0.05) is 5.69 Å². The van der Waals surface area contributed by atoms with Gasteiger partial charge in [0.1, 0.15) is 12.0 Å². The molecule has 132 valence electrons. The Morgan fingerprint density at radius 3 is 2.35 bits per heavy atom. The first-order valence-electron chi connectivity index (χ1n) is 8.07. The number of hydrogen-bond acceptors (Lipinski definition) is 6. The molecule has 0 aliphatic rings. The Labute approximate surface area is 150 Å². The van der Waals surface area contributed by atoms with Gasteiger partial charge < -0.3 is 21.5 Å². The molecule has 1 unspecified atom stereocenters. The fraction of sp³-hybridized carbons (Fsp3) is 0.105. The van der Waals surface area contributed by atoms with Crippen LogP contribution in [-0.4, -0.2) is 21.0 Å². The second kappa shape index (κ2) is 7.52. The molecule has 0 aliphatic carbocycles. The first-order valence-corrected chi connectivity index (χ1v) is 8.07. The first kappa shape index (κ1) is 17.2. The van der Waals surface area contributed by atoms with Crippen molar-refractivity contribution in [2.45, 2.75) is 13.0 Å². The predicted molar refractivity (Wildman–Crippen MR) is 102 cm³/mol. The third-order valence-electron chi connectivity index (χ3n) is 3.93. The number of nitrogens with two attached hydrogens (primary N) is 1. The van der Waals surface area contributed by atoms with Crippen LogP contribution in [0, 0.1) is 0 Å². The summed E-state index contributed by atoms with van der Waals surface area (Å²) < 4.78 is 0. The van der Waals surface area contributed by atoms with Crippen LogP contribution in [0.25, 0.3) is 0 Å². The highest BCUT2D eigenvalue weighted by Crippen LogP contribution is 2.28. The summed E-state index contributed by atoms with van der Waals surface area (Å²) in [6.07, 6.45) is 1.42. The highest BCUT2D eigenvalue weighted by Gasteiger charge is 2.12. The molecule has 0 saturated heterocycles. The Hall–Kier alpha value is -3.61. The summed E-state index contributed by atoms with van der Waals surface area (Å²) in [4.78, 5) is 19.3. The molecule has 0 fully saturated rings. The molecular formula is C19H19N5O2. The average molecular weight is 349 g/mol. The maximum atomic E-state index is 10.9. The molecule has 5 N–H and O–H groups in total. The number of anilines is 4. The summed E-state index contributed by atoms with van der Waals surface area (Å²) in [6.45, 7) is 2.02. The molecule has 0 radical (unpaired) electrons. The molecule has 0 amide bonds. The first-order chi connectivity index (χ1) is 12.5. The Kier molecular flexibility index (Phi) is 4.98. The zero-order valence-electron chi connectivity index (χ0n) is 14.2. The molecule has 7 nitrogen and oxygen atoms in total. The predicted octanol–water partition coefficient (Wildman–Crippen LogP) is 3.67. The summed E-state index contributed by atoms with van der Waals surface area (Å²) >= 11 is 0. The van der Waals surface area contributed by atoms with Crippen LogP contribution >= 0.6 is 0 Å². The van der Waals surface area contributed by atoms with E-state index in [1.165, 1.54) is 18.5 Å². The number of nitrogen functional groups attached to an aromatic ring is 1. The van der Waals surface area contributed by atoms with Gasteiger partial charge in [0.2, 0.25) is 0 Å². The van der Waals surface area contributed by atoms with Crippen LogP contribution in [0.3, 0.4) is 0 Å². The molecule has 7 heteroatoms. The number of carboxylic acids is 1. The molecule has 1 atom stereocenters. The Balaban J connectivity index is 1.77. The summed E-state index contributed by atoms with van der Waals surface area (Å²) in [5, 5.41) is 15.3. The number of nitrogens with zero attached hydrogens (tertiary/aromatic N) is 2. The maximum Gasteiger partial charge on any atom is 0.335 e. The van der Waals surface area contributed by atoms with Gasteiger partial charge in [-0.1, -0.05) is 30.3 Å². The van der Waals surface area contributed by atoms with Crippen molar-refractivity contribution in [2.24, 2.45) is 0 Å². The number of aromatic nitrogens is 2. The van der Waals surface area contributed by atoms with Crippen LogP contribution < -0.4 is 16.4 Å². The van der Waals surface area contributed by atoms with Gasteiger partial charge >= 0.3 is 5.97 Å². The van der Waals surface area contributed by atoms with Gasteiger partial charge in [-0.05, 0) is 36.8 Å². The van der Waals surface area contributed by atoms with Crippen LogP contribution in [0.15, 0.2) is 60.9 Å². The maximum absolute atomic E-state index is 10.9. The van der Waals surface area contributed by atoms with Crippen molar-refractivity contribution in [1.82, 2.24) is 9.97 Å². The summed E-state index contributed by atoms with van der Waals surface area (Å²) in [7, 11) is 0. The van der Waals surface area contributed by atoms with Crippen LogP contribution in [-0.2, 0) is 0 Å². The second-order valence-electron chi connectivity index (χ2n) is 5.77. The summed E-state index contributed by atoms with van der Waals surface area (Å²) in [5.41, 5.74) is 8.59. The fourth-order valence-corrected chi connectivity index (χ4v) is 2.47. The molecule has 0 spiro atoms. The second-order valence-corrected chi connectivity index (χ2v) is 5.77. The molecule has 0 aliphatic heterocycles. The van der Waals surface area contributed by atoms with Crippen molar-refractivity contribution >= 4 is 29.0 Å². The molecule has 2 aromatic carbocycles. The van der Waals surface area contributed by atoms with Crippen LogP contribution in [0.5, 0.6) is 0 Å². The van der Waals surface area contributed by atoms with E-state index in [4.69, 9.17) is 10.8 Å². The van der Waals surface area contributed by atoms with E-state index >= 15 is 0 Å². The zero-order chi connectivity index (χ0) is 18.5. The number of aromatic carboxylic acids is 1. The monoisotopic (exact) mass is 349 g/mol. The van der Waals surface area contributed by atoms with Crippen LogP contribution in [0.4, 0.5) is 23.0 Å². The minimum Gasteiger partial charge on any atom is -0.478 e. The smallest absolute Gasteiger partial charge is 0.335 e. The minimum atomic E-state index is -0.973. The van der Waals surface area contributed by atoms with Gasteiger partial charge in [-0.3, -0.25) is 0 Å². The lowest BCUT2D eigenvalue weighted by atomic mass is 10.1. The van der Waals surface area contributed by atoms with Crippen LogP contribution in [0.2, 0.25) is 0 Å². The van der Waals surface area contributed by atoms with E-state index in [9.17, 15) is 4.79 Å². The topological polar surface area (TPSA) is 113 Å². The van der Waals surface area contributed by atoms with Gasteiger partial charge in [0.05, 0.1) is 11.6 Å². The summed E-state index contributed by atoms with van der Waals surface area (Å²) in [5.74, 6) is 0.00586. The van der Waals surface area contributed by atoms with Crippen molar-refractivity contribution < 1.29 is 9.90 Å². The molecule has 26 heavy (non-hydrogen) atoms. The molecule has 1 aromatic heterocycles. The number of nitrogens with one attached hydrogen (secondary N) is 2. The molecular weight excluding hydrogens is 330 g/mol. The standard InChI is InChI=1S/C19H19N5O2/c1-12(13-5-3-2-4-6-13)23-17-16(20)18(22-11-21-17)24-15-9-7-14(8-10-15)19(25)26/h2-12H,20H2,1H3,(H,25,26)(H2,21,22,23,24). The lowest BCUT2D eigenvalue weighted by Gasteiger charge is -2.17. The van der Waals surface area contributed by atoms with E-state index < -0.39 is 5.97 Å². The zero-order valence-corrected chi connectivity index (χ0v) is 14.2. The normalized spacial score (nSPS) is 11.6. The van der Waals surface area contributed by atoms with E-state index in [0.29, 0.717) is 23.0 Å². The number of hydrogen-bond donors (Lipinski definition) is 4. The molecule has 0 saturated carbocycles. The molecule has 0 bridgehead atoms. The highest BCUT2D eigenvalue weighted by atomic mass is 16.4. The Bertz CT molecular complexity index is 898. The summed E-state index contributed by atoms with van der Waals surface area (Å²) in [6, 6.07) is 16.3. The fourth-order valence-electron chi connectivity index (χ4n) is 2.47. The van der Waals surface area contributed by atoms with Gasteiger partial charge in [-0.2, -0.15) is 0 Å². The third-order valence-corrected chi connectivity index (χ3v) is 3.93. The van der Waals surface area contributed by atoms with E-state index in [0.717, 1.165) is 5.56 Å². The van der Waals surface area contributed by atoms with Crippen molar-refractivity contribution in [3.05, 3.63) is 72.1 Å². The van der Waals surface area contributed by atoms with Crippen molar-refractivity contribution in [2.75, 3.05) is 16.4 Å². The number of benzene rings is 2. The van der Waals surface area contributed by atoms with Gasteiger partial charge in [-0.15, -0.1) is 0 Å². The number of rotatable bonds is 6.